The third kappa shape index (κ3) is 5.64. The largest absolute Gasteiger partial charge is 0.343 e. The van der Waals surface area contributed by atoms with Gasteiger partial charge < -0.3 is 10.2 Å². The van der Waals surface area contributed by atoms with Crippen molar-refractivity contribution in [3.8, 4) is 0 Å². The smallest absolute Gasteiger partial charge is 0.294 e. The van der Waals surface area contributed by atoms with E-state index in [2.05, 4.69) is 5.32 Å². The SMILES string of the molecule is CCN(CC)C(=O)C1CCN(CC(=O)Nc2ccc(Cl)cc2[N+](=O)[O-])CC1. The molecule has 0 spiro atoms. The van der Waals surface area contributed by atoms with Gasteiger partial charge in [-0.1, -0.05) is 11.6 Å². The van der Waals surface area contributed by atoms with Gasteiger partial charge in [-0.15, -0.1) is 0 Å². The highest BCUT2D eigenvalue weighted by Crippen LogP contribution is 2.28. The Balaban J connectivity index is 1.88. The number of rotatable bonds is 7. The average molecular weight is 397 g/mol. The van der Waals surface area contributed by atoms with Gasteiger partial charge in [-0.3, -0.25) is 24.6 Å². The second kappa shape index (κ2) is 9.66. The van der Waals surface area contributed by atoms with Crippen molar-refractivity contribution < 1.29 is 14.5 Å². The van der Waals surface area contributed by atoms with Crippen molar-refractivity contribution in [1.82, 2.24) is 9.80 Å². The number of nitro groups is 1. The molecule has 1 aromatic rings. The number of likely N-dealkylation sites (tertiary alicyclic amines) is 1. The molecule has 0 aliphatic carbocycles. The number of anilines is 1. The van der Waals surface area contributed by atoms with E-state index in [9.17, 15) is 19.7 Å². The lowest BCUT2D eigenvalue weighted by Gasteiger charge is -2.33. The van der Waals surface area contributed by atoms with E-state index in [4.69, 9.17) is 11.6 Å². The Labute approximate surface area is 163 Å². The van der Waals surface area contributed by atoms with Crippen LogP contribution in [0.1, 0.15) is 26.7 Å². The summed E-state index contributed by atoms with van der Waals surface area (Å²) in [4.78, 5) is 39.0. The fraction of sp³-hybridized carbons (Fsp3) is 0.556. The summed E-state index contributed by atoms with van der Waals surface area (Å²) in [6.45, 7) is 6.77. The Morgan fingerprint density at radius 3 is 2.48 bits per heavy atom. The Kier molecular flexibility index (Phi) is 7.55. The molecule has 2 amide bonds. The number of nitro benzene ring substituents is 1. The van der Waals surface area contributed by atoms with Gasteiger partial charge in [-0.2, -0.15) is 0 Å². The van der Waals surface area contributed by atoms with Crippen LogP contribution < -0.4 is 5.32 Å². The first-order valence-corrected chi connectivity index (χ1v) is 9.48. The van der Waals surface area contributed by atoms with Crippen LogP contribution in [0.5, 0.6) is 0 Å². The van der Waals surface area contributed by atoms with Gasteiger partial charge in [-0.25, -0.2) is 0 Å². The van der Waals surface area contributed by atoms with Gasteiger partial charge in [0.1, 0.15) is 5.69 Å². The minimum absolute atomic E-state index is 0.00145. The van der Waals surface area contributed by atoms with Crippen LogP contribution in [0.3, 0.4) is 0 Å². The zero-order chi connectivity index (χ0) is 20.0. The Morgan fingerprint density at radius 2 is 1.93 bits per heavy atom. The maximum atomic E-state index is 12.4. The lowest BCUT2D eigenvalue weighted by molar-refractivity contribution is -0.383. The van der Waals surface area contributed by atoms with Crippen molar-refractivity contribution >= 4 is 34.8 Å². The maximum Gasteiger partial charge on any atom is 0.294 e. The fourth-order valence-corrected chi connectivity index (χ4v) is 3.45. The second-order valence-corrected chi connectivity index (χ2v) is 6.96. The molecule has 2 rings (SSSR count). The molecular formula is C18H25ClN4O4. The highest BCUT2D eigenvalue weighted by molar-refractivity contribution is 6.31. The van der Waals surface area contributed by atoms with Gasteiger partial charge in [0.15, 0.2) is 0 Å². The molecule has 1 heterocycles. The number of amides is 2. The zero-order valence-corrected chi connectivity index (χ0v) is 16.4. The van der Waals surface area contributed by atoms with Crippen molar-refractivity contribution in [1.29, 1.82) is 0 Å². The molecule has 0 radical (unpaired) electrons. The van der Waals surface area contributed by atoms with Gasteiger partial charge >= 0.3 is 0 Å². The topological polar surface area (TPSA) is 95.8 Å². The normalized spacial score (nSPS) is 15.4. The molecule has 8 nitrogen and oxygen atoms in total. The molecule has 1 N–H and O–H groups in total. The number of nitrogens with zero attached hydrogens (tertiary/aromatic N) is 3. The van der Waals surface area contributed by atoms with Crippen LogP contribution in [0.4, 0.5) is 11.4 Å². The highest BCUT2D eigenvalue weighted by atomic mass is 35.5. The monoisotopic (exact) mass is 396 g/mol. The zero-order valence-electron chi connectivity index (χ0n) is 15.6. The minimum atomic E-state index is -0.578. The third-order valence-electron chi connectivity index (χ3n) is 4.81. The third-order valence-corrected chi connectivity index (χ3v) is 5.04. The molecule has 9 heteroatoms. The predicted octanol–water partition coefficient (Wildman–Crippen LogP) is 2.77. The molecule has 0 atom stereocenters. The van der Waals surface area contributed by atoms with Crippen molar-refractivity contribution in [3.63, 3.8) is 0 Å². The van der Waals surface area contributed by atoms with Gasteiger partial charge in [0.05, 0.1) is 11.5 Å². The minimum Gasteiger partial charge on any atom is -0.343 e. The van der Waals surface area contributed by atoms with E-state index < -0.39 is 4.92 Å². The molecular weight excluding hydrogens is 372 g/mol. The Morgan fingerprint density at radius 1 is 1.30 bits per heavy atom. The van der Waals surface area contributed by atoms with E-state index >= 15 is 0 Å². The standard InChI is InChI=1S/C18H25ClN4O4/c1-3-22(4-2)18(25)13-7-9-21(10-8-13)12-17(24)20-15-6-5-14(19)11-16(15)23(26)27/h5-6,11,13H,3-4,7-10,12H2,1-2H3,(H,20,24). The molecule has 27 heavy (non-hydrogen) atoms. The quantitative estimate of drug-likeness (QED) is 0.564. The molecule has 0 bridgehead atoms. The number of nitrogens with one attached hydrogen (secondary N) is 1. The van der Waals surface area contributed by atoms with E-state index in [1.165, 1.54) is 18.2 Å². The van der Waals surface area contributed by atoms with E-state index in [-0.39, 0.29) is 40.7 Å². The van der Waals surface area contributed by atoms with E-state index in [1.54, 1.807) is 0 Å². The first kappa shape index (κ1) is 21.1. The summed E-state index contributed by atoms with van der Waals surface area (Å²) in [6, 6.07) is 4.13. The van der Waals surface area contributed by atoms with Crippen molar-refractivity contribution in [2.75, 3.05) is 38.0 Å². The highest BCUT2D eigenvalue weighted by Gasteiger charge is 2.28. The molecule has 0 saturated carbocycles. The molecule has 1 saturated heterocycles. The summed E-state index contributed by atoms with van der Waals surface area (Å²) in [6.07, 6.45) is 1.42. The lowest BCUT2D eigenvalue weighted by Crippen LogP contribution is -2.44. The number of piperidine rings is 1. The van der Waals surface area contributed by atoms with E-state index in [1.807, 2.05) is 23.6 Å². The number of hydrogen-bond donors (Lipinski definition) is 1. The first-order chi connectivity index (χ1) is 12.8. The summed E-state index contributed by atoms with van der Waals surface area (Å²) in [5.74, 6) is -0.142. The lowest BCUT2D eigenvalue weighted by atomic mass is 9.95. The summed E-state index contributed by atoms with van der Waals surface area (Å²) in [5.41, 5.74) is -0.111. The number of carbonyl (C=O) groups excluding carboxylic acids is 2. The second-order valence-electron chi connectivity index (χ2n) is 6.53. The van der Waals surface area contributed by atoms with Gasteiger partial charge in [0.2, 0.25) is 11.8 Å². The summed E-state index contributed by atoms with van der Waals surface area (Å²) >= 11 is 5.78. The van der Waals surface area contributed by atoms with Crippen LogP contribution in [0, 0.1) is 16.0 Å². The summed E-state index contributed by atoms with van der Waals surface area (Å²) in [5, 5.41) is 13.9. The van der Waals surface area contributed by atoms with Crippen LogP contribution in [-0.2, 0) is 9.59 Å². The van der Waals surface area contributed by atoms with Crippen LogP contribution in [0.25, 0.3) is 0 Å². The van der Waals surface area contributed by atoms with E-state index in [0.29, 0.717) is 39.0 Å². The Hall–Kier alpha value is -2.19. The number of halogens is 1. The van der Waals surface area contributed by atoms with Crippen LogP contribution in [0.2, 0.25) is 5.02 Å². The predicted molar refractivity (Wildman–Crippen MR) is 104 cm³/mol. The fourth-order valence-electron chi connectivity index (χ4n) is 3.29. The molecule has 1 fully saturated rings. The molecule has 148 valence electrons. The number of hydrogen-bond acceptors (Lipinski definition) is 5. The molecule has 1 aliphatic rings. The van der Waals surface area contributed by atoms with E-state index in [0.717, 1.165) is 0 Å². The van der Waals surface area contributed by atoms with Crippen molar-refractivity contribution in [3.05, 3.63) is 33.3 Å². The van der Waals surface area contributed by atoms with Crippen LogP contribution in [0.15, 0.2) is 18.2 Å². The molecule has 1 aliphatic heterocycles. The van der Waals surface area contributed by atoms with Crippen molar-refractivity contribution in [2.45, 2.75) is 26.7 Å². The molecule has 0 unspecified atom stereocenters. The van der Waals surface area contributed by atoms with Crippen LogP contribution in [-0.4, -0.2) is 59.3 Å². The first-order valence-electron chi connectivity index (χ1n) is 9.10. The molecule has 1 aromatic carbocycles. The van der Waals surface area contributed by atoms with Gasteiger partial charge in [0.25, 0.3) is 5.69 Å². The van der Waals surface area contributed by atoms with Gasteiger partial charge in [0, 0.05) is 30.1 Å². The number of benzene rings is 1. The van der Waals surface area contributed by atoms with Crippen LogP contribution >= 0.6 is 11.6 Å². The molecule has 0 aromatic heterocycles. The number of carbonyl (C=O) groups is 2. The Bertz CT molecular complexity index is 701. The average Bonchev–Trinajstić information content (AvgIpc) is 2.64. The van der Waals surface area contributed by atoms with Crippen molar-refractivity contribution in [2.24, 2.45) is 5.92 Å². The maximum absolute atomic E-state index is 12.4. The summed E-state index contributed by atoms with van der Waals surface area (Å²) in [7, 11) is 0. The summed E-state index contributed by atoms with van der Waals surface area (Å²) < 4.78 is 0. The van der Waals surface area contributed by atoms with Gasteiger partial charge in [-0.05, 0) is 51.9 Å².